The molecular weight excluding hydrogens is 297 g/mol. The first-order valence-electron chi connectivity index (χ1n) is 0.628. The second kappa shape index (κ2) is 8.87. The van der Waals surface area contributed by atoms with Gasteiger partial charge in [0.2, 0.25) is 0 Å². The number of halogens is 3. The van der Waals surface area contributed by atoms with Crippen LogP contribution in [0.15, 0.2) is 0 Å². The molecule has 0 aromatic carbocycles. The van der Waals surface area contributed by atoms with E-state index in [1.54, 1.807) is 22.6 Å². The summed E-state index contributed by atoms with van der Waals surface area (Å²) in [5, 5.41) is 0. The maximum atomic E-state index is 10.4. The molecule has 0 unspecified atom stereocenters. The van der Waals surface area contributed by atoms with Crippen molar-refractivity contribution >= 4 is 46.6 Å². The molecule has 30 valence electrons. The highest BCUT2D eigenvalue weighted by Crippen LogP contribution is 1.67. The third-order valence-electron chi connectivity index (χ3n) is 0.0357. The van der Waals surface area contributed by atoms with Crippen LogP contribution in [0.2, 0.25) is 0 Å². The summed E-state index contributed by atoms with van der Waals surface area (Å²) in [6.07, 6.45) is 1.17. The molecule has 5 heavy (non-hydrogen) atoms. The van der Waals surface area contributed by atoms with Crippen LogP contribution in [0, 0.1) is 10.1 Å². The first kappa shape index (κ1) is 9.34. The quantitative estimate of drug-likeness (QED) is 0.473. The molecule has 0 spiro atoms. The van der Waals surface area contributed by atoms with Gasteiger partial charge in [-0.25, -0.2) is 0 Å². The number of rotatable bonds is 0. The van der Waals surface area contributed by atoms with E-state index in [0.717, 1.165) is 0 Å². The topological polar surface area (TPSA) is 0 Å². The summed E-state index contributed by atoms with van der Waals surface area (Å²) in [6, 6.07) is 0. The van der Waals surface area contributed by atoms with Crippen molar-refractivity contribution in [2.24, 2.45) is 0 Å². The van der Waals surface area contributed by atoms with Gasteiger partial charge in [-0.05, 0) is 0 Å². The molecule has 0 N–H and O–H groups in total. The molecule has 0 aliphatic carbocycles. The van der Waals surface area contributed by atoms with Gasteiger partial charge in [0.05, 0.1) is 0 Å². The summed E-state index contributed by atoms with van der Waals surface area (Å²) in [4.78, 5) is 0. The molecule has 3 heteroatoms. The Morgan fingerprint density at radius 1 is 1.60 bits per heavy atom. The van der Waals surface area contributed by atoms with Gasteiger partial charge in [-0.15, -0.1) is 28.4 Å². The molecule has 0 saturated heterocycles. The maximum Gasteiger partial charge on any atom is 0.117 e. The van der Waals surface area contributed by atoms with E-state index < -0.39 is 0 Å². The molecule has 0 saturated carbocycles. The van der Waals surface area contributed by atoms with Gasteiger partial charge in [0.1, 0.15) is 6.17 Å². The minimum atomic E-state index is 0. The van der Waals surface area contributed by atoms with Gasteiger partial charge in [0, 0.05) is 26.5 Å². The van der Waals surface area contributed by atoms with Crippen molar-refractivity contribution in [1.82, 2.24) is 0 Å². The third-order valence-corrected chi connectivity index (χ3v) is 0.240. The molecule has 0 aliphatic heterocycles. The van der Waals surface area contributed by atoms with Crippen LogP contribution in [-0.4, -0.2) is 0 Å². The van der Waals surface area contributed by atoms with E-state index in [1.807, 2.05) is 3.93 Å². The van der Waals surface area contributed by atoms with E-state index in [-0.39, 0.29) is 24.0 Å². The average molecular weight is 298 g/mol. The highest BCUT2D eigenvalue weighted by molar-refractivity contribution is 14.1. The Hall–Kier alpha value is 0.950. The van der Waals surface area contributed by atoms with Gasteiger partial charge in [-0.3, -0.25) is 0 Å². The zero-order chi connectivity index (χ0) is 3.41. The molecule has 0 atom stereocenters. The van der Waals surface area contributed by atoms with Crippen LogP contribution in [0.3, 0.4) is 0 Å². The number of hydrogen-bond acceptors (Lipinski definition) is 0. The summed E-state index contributed by atoms with van der Waals surface area (Å²) in [5.74, 6) is 0. The fraction of sp³-hybridized carbons (Fsp3) is 0. The molecule has 0 fully saturated rings. The first-order valence-corrected chi connectivity index (χ1v) is 1.71. The molecule has 0 bridgehead atoms. The van der Waals surface area contributed by atoms with Gasteiger partial charge in [0.15, 0.2) is 0 Å². The summed E-state index contributed by atoms with van der Waals surface area (Å²) in [7, 11) is 0. The van der Waals surface area contributed by atoms with Crippen LogP contribution in [0.25, 0.3) is 0 Å². The zero-order valence-electron chi connectivity index (χ0n) is 2.16. The van der Waals surface area contributed by atoms with Crippen molar-refractivity contribution < 1.29 is 4.39 Å². The smallest absolute Gasteiger partial charge is 0.117 e. The second-order valence-corrected chi connectivity index (χ2v) is 0.728. The Labute approximate surface area is 60.7 Å². The van der Waals surface area contributed by atoms with E-state index in [9.17, 15) is 4.39 Å². The van der Waals surface area contributed by atoms with E-state index in [2.05, 4.69) is 0 Å². The summed E-state index contributed by atoms with van der Waals surface area (Å²) in [6.45, 7) is 0. The lowest BCUT2D eigenvalue weighted by Gasteiger charge is -1.32. The van der Waals surface area contributed by atoms with Gasteiger partial charge in [-0.2, -0.15) is 0 Å². The molecule has 0 aromatic rings. The summed E-state index contributed by atoms with van der Waals surface area (Å²) in [5.41, 5.74) is 0. The van der Waals surface area contributed by atoms with E-state index in [0.29, 0.717) is 0 Å². The van der Waals surface area contributed by atoms with Gasteiger partial charge in [-0.1, -0.05) is 0 Å². The molecule has 0 nitrogen and oxygen atoms in total. The van der Waals surface area contributed by atoms with Gasteiger partial charge >= 0.3 is 0 Å². The molecular formula is C2HFI2. The predicted molar refractivity (Wildman–Crippen MR) is 38.3 cm³/mol. The lowest BCUT2D eigenvalue weighted by atomic mass is 11.4. The SMILES string of the molecule is FC#CI.I. The average Bonchev–Trinajstić information content (AvgIpc) is 1.37. The molecule has 0 rings (SSSR count). The van der Waals surface area contributed by atoms with E-state index in [1.165, 1.54) is 6.17 Å². The Balaban J connectivity index is 0. The fourth-order valence-electron chi connectivity index (χ4n) is 0. The lowest BCUT2D eigenvalue weighted by Crippen LogP contribution is -1.15. The van der Waals surface area contributed by atoms with Crippen molar-refractivity contribution in [2.45, 2.75) is 0 Å². The van der Waals surface area contributed by atoms with Crippen LogP contribution < -0.4 is 0 Å². The Kier molecular flexibility index (Phi) is 16.6. The summed E-state index contributed by atoms with van der Waals surface area (Å²) >= 11 is 1.62. The van der Waals surface area contributed by atoms with E-state index >= 15 is 0 Å². The minimum absolute atomic E-state index is 0. The second-order valence-electron chi connectivity index (χ2n) is 0.189. The third kappa shape index (κ3) is 11.3. The molecule has 0 aliphatic rings. The zero-order valence-corrected chi connectivity index (χ0v) is 6.65. The lowest BCUT2D eigenvalue weighted by molar-refractivity contribution is 0.775. The van der Waals surface area contributed by atoms with Gasteiger partial charge < -0.3 is 0 Å². The van der Waals surface area contributed by atoms with Crippen LogP contribution >= 0.6 is 46.6 Å². The number of hydrogen-bond donors (Lipinski definition) is 0. The van der Waals surface area contributed by atoms with E-state index in [4.69, 9.17) is 0 Å². The normalized spacial score (nSPS) is 2.80. The Bertz CT molecular complexity index is 44.4. The molecule has 0 radical (unpaired) electrons. The van der Waals surface area contributed by atoms with Crippen molar-refractivity contribution in [3.63, 3.8) is 0 Å². The summed E-state index contributed by atoms with van der Waals surface area (Å²) < 4.78 is 12.3. The standard InChI is InChI=1S/C2FI.HI/c3-1-2-4;/h;1H. The van der Waals surface area contributed by atoms with Crippen molar-refractivity contribution in [1.29, 1.82) is 0 Å². The monoisotopic (exact) mass is 298 g/mol. The van der Waals surface area contributed by atoms with Crippen molar-refractivity contribution in [3.8, 4) is 10.1 Å². The van der Waals surface area contributed by atoms with Crippen LogP contribution in [-0.2, 0) is 0 Å². The minimum Gasteiger partial charge on any atom is -0.143 e. The van der Waals surface area contributed by atoms with Crippen molar-refractivity contribution in [2.75, 3.05) is 0 Å². The largest absolute Gasteiger partial charge is 0.143 e. The van der Waals surface area contributed by atoms with Gasteiger partial charge in [0.25, 0.3) is 0 Å². The predicted octanol–water partition coefficient (Wildman–Crippen LogP) is 1.93. The molecule has 0 heterocycles. The van der Waals surface area contributed by atoms with Crippen LogP contribution in [0.1, 0.15) is 0 Å². The highest BCUT2D eigenvalue weighted by Gasteiger charge is 1.35. The maximum absolute atomic E-state index is 10.4. The fourth-order valence-corrected chi connectivity index (χ4v) is 0. The van der Waals surface area contributed by atoms with Crippen molar-refractivity contribution in [3.05, 3.63) is 0 Å². The Morgan fingerprint density at radius 3 is 1.80 bits per heavy atom. The molecule has 0 amide bonds. The molecule has 0 aromatic heterocycles. The highest BCUT2D eigenvalue weighted by atomic mass is 127. The van der Waals surface area contributed by atoms with Crippen LogP contribution in [0.5, 0.6) is 0 Å². The first-order chi connectivity index (χ1) is 1.91. The van der Waals surface area contributed by atoms with Crippen LogP contribution in [0.4, 0.5) is 4.39 Å². The Morgan fingerprint density at radius 2 is 1.80 bits per heavy atom.